The highest BCUT2D eigenvalue weighted by molar-refractivity contribution is 7.18. The summed E-state index contributed by atoms with van der Waals surface area (Å²) in [6.45, 7) is 0. The Morgan fingerprint density at radius 2 is 1.89 bits per heavy atom. The van der Waals surface area contributed by atoms with Crippen LogP contribution in [0.25, 0.3) is 10.2 Å². The van der Waals surface area contributed by atoms with Gasteiger partial charge in [0.1, 0.15) is 10.8 Å². The van der Waals surface area contributed by atoms with E-state index in [0.717, 1.165) is 20.8 Å². The van der Waals surface area contributed by atoms with E-state index in [4.69, 9.17) is 5.73 Å². The molecule has 3 rings (SSSR count). The third kappa shape index (κ3) is 2.00. The van der Waals surface area contributed by atoms with Gasteiger partial charge in [-0.2, -0.15) is 0 Å². The van der Waals surface area contributed by atoms with Crippen LogP contribution in [-0.2, 0) is 0 Å². The van der Waals surface area contributed by atoms with Crippen molar-refractivity contribution in [3.05, 3.63) is 64.9 Å². The molecule has 2 aromatic carbocycles. The molecule has 0 aliphatic heterocycles. The summed E-state index contributed by atoms with van der Waals surface area (Å²) in [6, 6.07) is 14.1. The second-order valence-corrected chi connectivity index (χ2v) is 5.11. The first kappa shape index (κ1) is 11.3. The Bertz CT molecular complexity index is 679. The summed E-state index contributed by atoms with van der Waals surface area (Å²) >= 11 is 1.44. The maximum atomic E-state index is 13.1. The first-order chi connectivity index (χ1) is 8.74. The van der Waals surface area contributed by atoms with E-state index in [0.29, 0.717) is 0 Å². The van der Waals surface area contributed by atoms with Gasteiger partial charge in [0, 0.05) is 0 Å². The van der Waals surface area contributed by atoms with Crippen LogP contribution in [0.3, 0.4) is 0 Å². The zero-order valence-electron chi connectivity index (χ0n) is 9.51. The molecule has 0 saturated heterocycles. The number of aromatic nitrogens is 1. The van der Waals surface area contributed by atoms with Crippen molar-refractivity contribution in [3.8, 4) is 0 Å². The molecular formula is C14H11FN2S. The lowest BCUT2D eigenvalue weighted by atomic mass is 10.1. The molecule has 0 aliphatic rings. The number of nitrogens with two attached hydrogens (primary N) is 1. The molecule has 4 heteroatoms. The normalized spacial score (nSPS) is 12.8. The van der Waals surface area contributed by atoms with Gasteiger partial charge in [0.25, 0.3) is 0 Å². The Labute approximate surface area is 108 Å². The molecule has 0 saturated carbocycles. The van der Waals surface area contributed by atoms with Crippen molar-refractivity contribution in [3.63, 3.8) is 0 Å². The molecule has 18 heavy (non-hydrogen) atoms. The van der Waals surface area contributed by atoms with Crippen molar-refractivity contribution in [1.82, 2.24) is 4.98 Å². The van der Waals surface area contributed by atoms with Gasteiger partial charge >= 0.3 is 0 Å². The molecule has 90 valence electrons. The van der Waals surface area contributed by atoms with E-state index in [-0.39, 0.29) is 11.9 Å². The fraction of sp³-hybridized carbons (Fsp3) is 0.0714. The molecule has 0 aliphatic carbocycles. The molecule has 0 amide bonds. The number of benzene rings is 2. The SMILES string of the molecule is N[C@H](c1ccccc1)c1nc2ccc(F)cc2s1. The molecule has 0 radical (unpaired) electrons. The Hall–Kier alpha value is -1.78. The zero-order valence-corrected chi connectivity index (χ0v) is 10.3. The molecule has 0 bridgehead atoms. The first-order valence-corrected chi connectivity index (χ1v) is 6.42. The van der Waals surface area contributed by atoms with Crippen LogP contribution in [0.1, 0.15) is 16.6 Å². The highest BCUT2D eigenvalue weighted by Gasteiger charge is 2.13. The van der Waals surface area contributed by atoms with E-state index in [2.05, 4.69) is 4.98 Å². The molecule has 1 heterocycles. The molecule has 3 aromatic rings. The van der Waals surface area contributed by atoms with Gasteiger partial charge in [-0.15, -0.1) is 11.3 Å². The summed E-state index contributed by atoms with van der Waals surface area (Å²) in [7, 11) is 0. The maximum Gasteiger partial charge on any atom is 0.124 e. The van der Waals surface area contributed by atoms with Crippen molar-refractivity contribution in [2.24, 2.45) is 5.73 Å². The number of thiazole rings is 1. The Kier molecular flexibility index (Phi) is 2.81. The topological polar surface area (TPSA) is 38.9 Å². The highest BCUT2D eigenvalue weighted by atomic mass is 32.1. The van der Waals surface area contributed by atoms with Crippen molar-refractivity contribution in [1.29, 1.82) is 0 Å². The molecule has 0 unspecified atom stereocenters. The molecule has 2 nitrogen and oxygen atoms in total. The number of hydrogen-bond acceptors (Lipinski definition) is 3. The summed E-state index contributed by atoms with van der Waals surface area (Å²) in [5.41, 5.74) is 7.98. The lowest BCUT2D eigenvalue weighted by Gasteiger charge is -2.07. The van der Waals surface area contributed by atoms with Crippen LogP contribution in [0.5, 0.6) is 0 Å². The summed E-state index contributed by atoms with van der Waals surface area (Å²) in [5, 5.41) is 0.807. The Morgan fingerprint density at radius 1 is 1.11 bits per heavy atom. The van der Waals surface area contributed by atoms with E-state index < -0.39 is 0 Å². The maximum absolute atomic E-state index is 13.1. The van der Waals surface area contributed by atoms with Crippen LogP contribution >= 0.6 is 11.3 Å². The van der Waals surface area contributed by atoms with Gasteiger partial charge in [-0.1, -0.05) is 30.3 Å². The summed E-state index contributed by atoms with van der Waals surface area (Å²) in [6.07, 6.45) is 0. The fourth-order valence-corrected chi connectivity index (χ4v) is 2.87. The van der Waals surface area contributed by atoms with Crippen molar-refractivity contribution < 1.29 is 4.39 Å². The van der Waals surface area contributed by atoms with E-state index >= 15 is 0 Å². The smallest absolute Gasteiger partial charge is 0.124 e. The summed E-state index contributed by atoms with van der Waals surface area (Å²) < 4.78 is 13.9. The Morgan fingerprint density at radius 3 is 2.67 bits per heavy atom. The third-order valence-electron chi connectivity index (χ3n) is 2.79. The highest BCUT2D eigenvalue weighted by Crippen LogP contribution is 2.29. The van der Waals surface area contributed by atoms with Gasteiger partial charge in [-0.05, 0) is 23.8 Å². The van der Waals surface area contributed by atoms with Gasteiger partial charge in [-0.3, -0.25) is 0 Å². The van der Waals surface area contributed by atoms with E-state index in [1.54, 1.807) is 6.07 Å². The number of nitrogens with zero attached hydrogens (tertiary/aromatic N) is 1. The second kappa shape index (κ2) is 4.48. The van der Waals surface area contributed by atoms with Gasteiger partial charge < -0.3 is 5.73 Å². The number of halogens is 1. The molecule has 0 fully saturated rings. The summed E-state index contributed by atoms with van der Waals surface area (Å²) in [5.74, 6) is -0.244. The standard InChI is InChI=1S/C14H11FN2S/c15-10-6-7-11-12(8-10)18-14(17-11)13(16)9-4-2-1-3-5-9/h1-8,13H,16H2/t13-/m1/s1. The van der Waals surface area contributed by atoms with Crippen LogP contribution in [0.4, 0.5) is 4.39 Å². The van der Waals surface area contributed by atoms with Crippen LogP contribution in [0.15, 0.2) is 48.5 Å². The van der Waals surface area contributed by atoms with E-state index in [1.165, 1.54) is 23.5 Å². The third-order valence-corrected chi connectivity index (χ3v) is 3.89. The average Bonchev–Trinajstić information content (AvgIpc) is 2.81. The van der Waals surface area contributed by atoms with Crippen LogP contribution in [0.2, 0.25) is 0 Å². The van der Waals surface area contributed by atoms with Gasteiger partial charge in [0.2, 0.25) is 0 Å². The first-order valence-electron chi connectivity index (χ1n) is 5.60. The average molecular weight is 258 g/mol. The van der Waals surface area contributed by atoms with Crippen molar-refractivity contribution in [2.75, 3.05) is 0 Å². The largest absolute Gasteiger partial charge is 0.318 e. The van der Waals surface area contributed by atoms with Crippen LogP contribution in [0, 0.1) is 5.82 Å². The molecule has 0 spiro atoms. The molecule has 2 N–H and O–H groups in total. The van der Waals surface area contributed by atoms with Crippen molar-refractivity contribution in [2.45, 2.75) is 6.04 Å². The summed E-state index contributed by atoms with van der Waals surface area (Å²) in [4.78, 5) is 4.46. The fourth-order valence-electron chi connectivity index (χ4n) is 1.85. The number of rotatable bonds is 2. The number of fused-ring (bicyclic) bond motifs is 1. The van der Waals surface area contributed by atoms with E-state index in [1.807, 2.05) is 30.3 Å². The van der Waals surface area contributed by atoms with Crippen LogP contribution in [-0.4, -0.2) is 4.98 Å². The second-order valence-electron chi connectivity index (χ2n) is 4.05. The lowest BCUT2D eigenvalue weighted by molar-refractivity contribution is 0.630. The van der Waals surface area contributed by atoms with E-state index in [9.17, 15) is 4.39 Å². The number of hydrogen-bond donors (Lipinski definition) is 1. The minimum absolute atomic E-state index is 0.244. The Balaban J connectivity index is 2.04. The zero-order chi connectivity index (χ0) is 12.5. The predicted molar refractivity (Wildman–Crippen MR) is 72.1 cm³/mol. The van der Waals surface area contributed by atoms with Gasteiger partial charge in [-0.25, -0.2) is 9.37 Å². The molecule has 1 aromatic heterocycles. The monoisotopic (exact) mass is 258 g/mol. The minimum atomic E-state index is -0.258. The minimum Gasteiger partial charge on any atom is -0.318 e. The lowest BCUT2D eigenvalue weighted by Crippen LogP contribution is -2.10. The van der Waals surface area contributed by atoms with Crippen LogP contribution < -0.4 is 5.73 Å². The molecule has 1 atom stereocenters. The van der Waals surface area contributed by atoms with Crippen molar-refractivity contribution >= 4 is 21.6 Å². The molecular weight excluding hydrogens is 247 g/mol. The van der Waals surface area contributed by atoms with Gasteiger partial charge in [0.15, 0.2) is 0 Å². The predicted octanol–water partition coefficient (Wildman–Crippen LogP) is 3.48. The quantitative estimate of drug-likeness (QED) is 0.764. The van der Waals surface area contributed by atoms with Gasteiger partial charge in [0.05, 0.1) is 16.3 Å².